The third-order valence-corrected chi connectivity index (χ3v) is 4.95. The largest absolute Gasteiger partial charge is 0.320 e. The molecule has 8 nitrogen and oxygen atoms in total. The maximum atomic E-state index is 13.5. The zero-order chi connectivity index (χ0) is 21.1. The number of amides is 1. The van der Waals surface area contributed by atoms with Gasteiger partial charge in [-0.3, -0.25) is 24.5 Å². The van der Waals surface area contributed by atoms with Crippen molar-refractivity contribution in [3.05, 3.63) is 66.4 Å². The molecule has 30 heavy (non-hydrogen) atoms. The van der Waals surface area contributed by atoms with Crippen molar-refractivity contribution in [3.63, 3.8) is 0 Å². The number of carbonyl (C=O) groups is 1. The average Bonchev–Trinajstić information content (AvgIpc) is 3.41. The third kappa shape index (κ3) is 3.95. The minimum atomic E-state index is -0.0891. The molecule has 1 N–H and O–H groups in total. The van der Waals surface area contributed by atoms with E-state index in [1.54, 1.807) is 23.5 Å². The first-order valence-electron chi connectivity index (χ1n) is 9.89. The Labute approximate surface area is 175 Å². The summed E-state index contributed by atoms with van der Waals surface area (Å²) in [4.78, 5) is 21.4. The van der Waals surface area contributed by atoms with E-state index in [1.165, 1.54) is 0 Å². The molecule has 3 heterocycles. The van der Waals surface area contributed by atoms with Gasteiger partial charge in [-0.1, -0.05) is 6.07 Å². The number of benzene rings is 1. The van der Waals surface area contributed by atoms with Gasteiger partial charge < -0.3 is 4.90 Å². The van der Waals surface area contributed by atoms with Crippen molar-refractivity contribution in [2.75, 3.05) is 20.8 Å². The van der Waals surface area contributed by atoms with Crippen molar-refractivity contribution in [1.82, 2.24) is 34.8 Å². The molecule has 0 bridgehead atoms. The van der Waals surface area contributed by atoms with Crippen molar-refractivity contribution in [2.24, 2.45) is 0 Å². The molecule has 0 saturated heterocycles. The summed E-state index contributed by atoms with van der Waals surface area (Å²) < 4.78 is 1.88. The van der Waals surface area contributed by atoms with E-state index < -0.39 is 0 Å². The molecule has 4 aromatic rings. The first-order chi connectivity index (χ1) is 14.6. The fraction of sp³-hybridized carbons (Fsp3) is 0.273. The molecule has 3 aromatic heterocycles. The van der Waals surface area contributed by atoms with Crippen molar-refractivity contribution >= 4 is 16.8 Å². The molecule has 154 valence electrons. The van der Waals surface area contributed by atoms with Crippen LogP contribution in [0.25, 0.3) is 22.0 Å². The zero-order valence-corrected chi connectivity index (χ0v) is 17.4. The van der Waals surface area contributed by atoms with E-state index in [0.717, 1.165) is 27.6 Å². The Hall–Kier alpha value is -3.52. The van der Waals surface area contributed by atoms with Crippen molar-refractivity contribution in [3.8, 4) is 11.1 Å². The number of aromatic nitrogens is 5. The van der Waals surface area contributed by atoms with Crippen molar-refractivity contribution in [1.29, 1.82) is 0 Å². The molecule has 0 aliphatic carbocycles. The van der Waals surface area contributed by atoms with Crippen LogP contribution in [0.3, 0.4) is 0 Å². The Morgan fingerprint density at radius 1 is 1.13 bits per heavy atom. The smallest absolute Gasteiger partial charge is 0.276 e. The van der Waals surface area contributed by atoms with Gasteiger partial charge in [0.05, 0.1) is 18.4 Å². The number of aromatic amines is 1. The SMILES string of the molecule is CCn1nc(C(=O)N(Cc2ccncc2)CN(C)C)c2ccc(-c3cn[nH]c3)cc21. The predicted molar refractivity (Wildman–Crippen MR) is 116 cm³/mol. The van der Waals surface area contributed by atoms with Crippen LogP contribution in [0, 0.1) is 0 Å². The highest BCUT2D eigenvalue weighted by Gasteiger charge is 2.23. The molecule has 4 rings (SSSR count). The van der Waals surface area contributed by atoms with Gasteiger partial charge >= 0.3 is 0 Å². The lowest BCUT2D eigenvalue weighted by Gasteiger charge is -2.25. The van der Waals surface area contributed by atoms with Gasteiger partial charge in [-0.15, -0.1) is 0 Å². The topological polar surface area (TPSA) is 82.9 Å². The number of nitrogens with one attached hydrogen (secondary N) is 1. The summed E-state index contributed by atoms with van der Waals surface area (Å²) in [5.41, 5.74) is 4.48. The molecule has 0 aliphatic heterocycles. The molecule has 0 radical (unpaired) electrons. The predicted octanol–water partition coefficient (Wildman–Crippen LogP) is 3.00. The standard InChI is InChI=1S/C22H25N7O/c1-4-29-20-11-17(18-12-24-25-13-18)5-6-19(20)21(26-29)22(30)28(15-27(2)3)14-16-7-9-23-10-8-16/h5-13H,4,14-15H2,1-3H3,(H,24,25). The number of fused-ring (bicyclic) bond motifs is 1. The summed E-state index contributed by atoms with van der Waals surface area (Å²) in [6.07, 6.45) is 7.12. The summed E-state index contributed by atoms with van der Waals surface area (Å²) in [5.74, 6) is -0.0891. The molecular weight excluding hydrogens is 378 g/mol. The molecule has 0 atom stereocenters. The Morgan fingerprint density at radius 2 is 1.93 bits per heavy atom. The van der Waals surface area contributed by atoms with Crippen LogP contribution in [0.2, 0.25) is 0 Å². The fourth-order valence-corrected chi connectivity index (χ4v) is 3.55. The van der Waals surface area contributed by atoms with Gasteiger partial charge in [-0.2, -0.15) is 10.2 Å². The summed E-state index contributed by atoms with van der Waals surface area (Å²) in [6, 6.07) is 9.90. The van der Waals surface area contributed by atoms with Crippen LogP contribution in [-0.2, 0) is 13.1 Å². The Balaban J connectivity index is 1.73. The van der Waals surface area contributed by atoms with E-state index in [2.05, 4.69) is 26.3 Å². The second-order valence-corrected chi connectivity index (χ2v) is 7.46. The lowest BCUT2D eigenvalue weighted by molar-refractivity contribution is 0.0653. The van der Waals surface area contributed by atoms with Crippen LogP contribution >= 0.6 is 0 Å². The van der Waals surface area contributed by atoms with Crippen molar-refractivity contribution in [2.45, 2.75) is 20.0 Å². The molecule has 0 aliphatic rings. The molecule has 0 unspecified atom stereocenters. The van der Waals surface area contributed by atoms with Crippen LogP contribution in [-0.4, -0.2) is 61.4 Å². The fourth-order valence-electron chi connectivity index (χ4n) is 3.55. The summed E-state index contributed by atoms with van der Waals surface area (Å²) in [5, 5.41) is 12.4. The second kappa shape index (κ2) is 8.46. The van der Waals surface area contributed by atoms with Gasteiger partial charge in [0, 0.05) is 42.6 Å². The van der Waals surface area contributed by atoms with Crippen LogP contribution in [0.1, 0.15) is 23.0 Å². The Kier molecular flexibility index (Phi) is 5.58. The van der Waals surface area contributed by atoms with E-state index >= 15 is 0 Å². The number of hydrogen-bond donors (Lipinski definition) is 1. The lowest BCUT2D eigenvalue weighted by Crippen LogP contribution is -2.38. The first-order valence-corrected chi connectivity index (χ1v) is 9.89. The van der Waals surface area contributed by atoms with E-state index in [1.807, 2.05) is 61.1 Å². The number of H-pyrrole nitrogens is 1. The molecule has 0 spiro atoms. The second-order valence-electron chi connectivity index (χ2n) is 7.46. The van der Waals surface area contributed by atoms with Gasteiger partial charge in [-0.25, -0.2) is 0 Å². The van der Waals surface area contributed by atoms with Gasteiger partial charge in [0.25, 0.3) is 5.91 Å². The summed E-state index contributed by atoms with van der Waals surface area (Å²) in [6.45, 7) is 3.69. The van der Waals surface area contributed by atoms with E-state index in [-0.39, 0.29) is 5.91 Å². The lowest BCUT2D eigenvalue weighted by atomic mass is 10.1. The highest BCUT2D eigenvalue weighted by Crippen LogP contribution is 2.27. The van der Waals surface area contributed by atoms with Crippen LogP contribution in [0.15, 0.2) is 55.1 Å². The highest BCUT2D eigenvalue weighted by atomic mass is 16.2. The Bertz CT molecular complexity index is 1130. The molecule has 0 saturated carbocycles. The minimum Gasteiger partial charge on any atom is -0.320 e. The quantitative estimate of drug-likeness (QED) is 0.480. The summed E-state index contributed by atoms with van der Waals surface area (Å²) in [7, 11) is 3.90. The molecule has 8 heteroatoms. The monoisotopic (exact) mass is 403 g/mol. The number of nitrogens with zero attached hydrogens (tertiary/aromatic N) is 6. The number of pyridine rings is 1. The van der Waals surface area contributed by atoms with Gasteiger partial charge in [-0.05, 0) is 56.4 Å². The molecule has 1 aromatic carbocycles. The van der Waals surface area contributed by atoms with Crippen LogP contribution < -0.4 is 0 Å². The number of carbonyl (C=O) groups excluding carboxylic acids is 1. The van der Waals surface area contributed by atoms with Crippen LogP contribution in [0.5, 0.6) is 0 Å². The minimum absolute atomic E-state index is 0.0891. The zero-order valence-electron chi connectivity index (χ0n) is 17.4. The number of aryl methyl sites for hydroxylation is 1. The van der Waals surface area contributed by atoms with E-state index in [9.17, 15) is 4.79 Å². The maximum Gasteiger partial charge on any atom is 0.276 e. The highest BCUT2D eigenvalue weighted by molar-refractivity contribution is 6.05. The summed E-state index contributed by atoms with van der Waals surface area (Å²) >= 11 is 0. The van der Waals surface area contributed by atoms with Crippen LogP contribution in [0.4, 0.5) is 0 Å². The maximum absolute atomic E-state index is 13.5. The molecule has 1 amide bonds. The molecular formula is C22H25N7O. The average molecular weight is 403 g/mol. The third-order valence-electron chi connectivity index (χ3n) is 4.95. The Morgan fingerprint density at radius 3 is 2.60 bits per heavy atom. The molecule has 0 fully saturated rings. The van der Waals surface area contributed by atoms with Gasteiger partial charge in [0.15, 0.2) is 5.69 Å². The van der Waals surface area contributed by atoms with Gasteiger partial charge in [0.2, 0.25) is 0 Å². The van der Waals surface area contributed by atoms with E-state index in [0.29, 0.717) is 25.5 Å². The number of rotatable bonds is 7. The van der Waals surface area contributed by atoms with Gasteiger partial charge in [0.1, 0.15) is 0 Å². The first kappa shape index (κ1) is 19.8. The normalized spacial score (nSPS) is 11.3. The van der Waals surface area contributed by atoms with E-state index in [4.69, 9.17) is 0 Å². The number of hydrogen-bond acceptors (Lipinski definition) is 5. The van der Waals surface area contributed by atoms with Crippen molar-refractivity contribution < 1.29 is 4.79 Å².